The molecular formula is C22H38Cl2N2O. The molecule has 3 rings (SSSR count). The molecule has 1 unspecified atom stereocenters. The second kappa shape index (κ2) is 13.7. The van der Waals surface area contributed by atoms with Crippen LogP contribution in [0, 0.1) is 5.92 Å². The highest BCUT2D eigenvalue weighted by atomic mass is 35.5. The van der Waals surface area contributed by atoms with Crippen molar-refractivity contribution in [1.29, 1.82) is 0 Å². The first-order valence-electron chi connectivity index (χ1n) is 10.5. The van der Waals surface area contributed by atoms with Crippen molar-refractivity contribution in [3.8, 4) is 5.75 Å². The summed E-state index contributed by atoms with van der Waals surface area (Å²) in [4.78, 5) is 0. The molecule has 1 aromatic carbocycles. The number of methoxy groups -OCH3 is 1. The van der Waals surface area contributed by atoms with E-state index in [1.165, 1.54) is 69.8 Å². The van der Waals surface area contributed by atoms with Gasteiger partial charge in [0.05, 0.1) is 7.11 Å². The molecule has 0 bridgehead atoms. The van der Waals surface area contributed by atoms with Gasteiger partial charge in [0.25, 0.3) is 0 Å². The maximum absolute atomic E-state index is 5.49. The smallest absolute Gasteiger partial charge is 0.123 e. The summed E-state index contributed by atoms with van der Waals surface area (Å²) in [7, 11) is 1.76. The van der Waals surface area contributed by atoms with Gasteiger partial charge in [-0.05, 0) is 37.7 Å². The average Bonchev–Trinajstić information content (AvgIpc) is 2.69. The third-order valence-electron chi connectivity index (χ3n) is 6.15. The molecule has 0 amide bonds. The Hall–Kier alpha value is -0.480. The Morgan fingerprint density at radius 1 is 0.926 bits per heavy atom. The summed E-state index contributed by atoms with van der Waals surface area (Å²) >= 11 is 0. The molecule has 0 aromatic heterocycles. The Balaban J connectivity index is 0.00000182. The van der Waals surface area contributed by atoms with Gasteiger partial charge in [-0.2, -0.15) is 0 Å². The highest BCUT2D eigenvalue weighted by Gasteiger charge is 2.26. The van der Waals surface area contributed by atoms with Gasteiger partial charge in [0.15, 0.2) is 0 Å². The fourth-order valence-corrected chi connectivity index (χ4v) is 4.68. The first kappa shape index (κ1) is 24.6. The number of hydrogen-bond donors (Lipinski definition) is 2. The zero-order chi connectivity index (χ0) is 17.3. The average molecular weight is 417 g/mol. The fraction of sp³-hybridized carbons (Fsp3) is 0.727. The number of para-hydroxylation sites is 1. The molecule has 0 aliphatic heterocycles. The van der Waals surface area contributed by atoms with E-state index in [9.17, 15) is 0 Å². The highest BCUT2D eigenvalue weighted by molar-refractivity contribution is 5.85. The van der Waals surface area contributed by atoms with Crippen molar-refractivity contribution in [3.63, 3.8) is 0 Å². The molecule has 2 aliphatic rings. The van der Waals surface area contributed by atoms with Crippen molar-refractivity contribution < 1.29 is 4.74 Å². The topological polar surface area (TPSA) is 33.3 Å². The van der Waals surface area contributed by atoms with Crippen LogP contribution in [-0.4, -0.2) is 25.7 Å². The molecule has 2 saturated carbocycles. The van der Waals surface area contributed by atoms with E-state index in [2.05, 4.69) is 28.8 Å². The Morgan fingerprint density at radius 2 is 1.56 bits per heavy atom. The van der Waals surface area contributed by atoms with Crippen LogP contribution >= 0.6 is 24.8 Å². The minimum atomic E-state index is 0. The second-order valence-electron chi connectivity index (χ2n) is 7.95. The first-order valence-corrected chi connectivity index (χ1v) is 10.5. The van der Waals surface area contributed by atoms with Gasteiger partial charge in [0.1, 0.15) is 5.75 Å². The minimum Gasteiger partial charge on any atom is -0.496 e. The SMILES string of the molecule is COc1ccccc1CNCC(NC1CCCCC1)C1CCCCC1.Cl.Cl. The standard InChI is InChI=1S/C22H36N2O.2ClH/c1-25-22-15-9-8-12-19(22)16-23-17-21(18-10-4-2-5-11-18)24-20-13-6-3-7-14-20;;/h8-9,12,15,18,20-21,23-24H,2-7,10-11,13-14,16-17H2,1H3;2*1H. The molecule has 0 spiro atoms. The van der Waals surface area contributed by atoms with Crippen LogP contribution in [0.5, 0.6) is 5.75 Å². The molecule has 3 nitrogen and oxygen atoms in total. The number of hydrogen-bond acceptors (Lipinski definition) is 3. The minimum absolute atomic E-state index is 0. The summed E-state index contributed by atoms with van der Waals surface area (Å²) < 4.78 is 5.49. The zero-order valence-electron chi connectivity index (χ0n) is 16.8. The highest BCUT2D eigenvalue weighted by Crippen LogP contribution is 2.28. The Kier molecular flexibility index (Phi) is 12.4. The fourth-order valence-electron chi connectivity index (χ4n) is 4.68. The quantitative estimate of drug-likeness (QED) is 0.586. The van der Waals surface area contributed by atoms with Crippen molar-refractivity contribution in [2.24, 2.45) is 5.92 Å². The lowest BCUT2D eigenvalue weighted by atomic mass is 9.82. The third kappa shape index (κ3) is 7.81. The molecule has 2 aliphatic carbocycles. The molecule has 5 heteroatoms. The van der Waals surface area contributed by atoms with Crippen LogP contribution < -0.4 is 15.4 Å². The third-order valence-corrected chi connectivity index (χ3v) is 6.15. The number of nitrogens with one attached hydrogen (secondary N) is 2. The molecular weight excluding hydrogens is 379 g/mol. The number of ether oxygens (including phenoxy) is 1. The van der Waals surface area contributed by atoms with Crippen molar-refractivity contribution in [1.82, 2.24) is 10.6 Å². The normalized spacial score (nSPS) is 19.6. The van der Waals surface area contributed by atoms with Crippen LogP contribution in [0.2, 0.25) is 0 Å². The van der Waals surface area contributed by atoms with Gasteiger partial charge < -0.3 is 15.4 Å². The Morgan fingerprint density at radius 3 is 2.22 bits per heavy atom. The van der Waals surface area contributed by atoms with Gasteiger partial charge >= 0.3 is 0 Å². The van der Waals surface area contributed by atoms with E-state index in [-0.39, 0.29) is 24.8 Å². The van der Waals surface area contributed by atoms with Crippen molar-refractivity contribution in [3.05, 3.63) is 29.8 Å². The molecule has 0 heterocycles. The van der Waals surface area contributed by atoms with Gasteiger partial charge in [-0.15, -0.1) is 24.8 Å². The van der Waals surface area contributed by atoms with E-state index in [1.54, 1.807) is 7.11 Å². The summed E-state index contributed by atoms with van der Waals surface area (Å²) in [6.07, 6.45) is 14.1. The lowest BCUT2D eigenvalue weighted by Crippen LogP contribution is -2.49. The van der Waals surface area contributed by atoms with Crippen LogP contribution in [0.4, 0.5) is 0 Å². The predicted molar refractivity (Wildman–Crippen MR) is 120 cm³/mol. The van der Waals surface area contributed by atoms with Crippen molar-refractivity contribution in [2.45, 2.75) is 82.8 Å². The van der Waals surface area contributed by atoms with Crippen LogP contribution in [0.3, 0.4) is 0 Å². The van der Waals surface area contributed by atoms with Gasteiger partial charge in [-0.3, -0.25) is 0 Å². The maximum atomic E-state index is 5.49. The van der Waals surface area contributed by atoms with Gasteiger partial charge in [0, 0.05) is 30.7 Å². The molecule has 2 fully saturated rings. The van der Waals surface area contributed by atoms with Crippen molar-refractivity contribution in [2.75, 3.05) is 13.7 Å². The summed E-state index contributed by atoms with van der Waals surface area (Å²) in [6.45, 7) is 1.96. The summed E-state index contributed by atoms with van der Waals surface area (Å²) in [5, 5.41) is 7.77. The van der Waals surface area contributed by atoms with Crippen LogP contribution in [0.1, 0.15) is 69.8 Å². The number of benzene rings is 1. The van der Waals surface area contributed by atoms with Crippen LogP contribution in [0.15, 0.2) is 24.3 Å². The van der Waals surface area contributed by atoms with E-state index in [0.717, 1.165) is 30.8 Å². The molecule has 1 aromatic rings. The van der Waals surface area contributed by atoms with Crippen LogP contribution in [0.25, 0.3) is 0 Å². The molecule has 0 radical (unpaired) electrons. The lowest BCUT2D eigenvalue weighted by molar-refractivity contribution is 0.226. The van der Waals surface area contributed by atoms with E-state index in [0.29, 0.717) is 6.04 Å². The first-order chi connectivity index (χ1) is 12.4. The Labute approximate surface area is 178 Å². The van der Waals surface area contributed by atoms with Gasteiger partial charge in [-0.25, -0.2) is 0 Å². The van der Waals surface area contributed by atoms with Gasteiger partial charge in [0.2, 0.25) is 0 Å². The summed E-state index contributed by atoms with van der Waals surface area (Å²) in [5.74, 6) is 1.84. The van der Waals surface area contributed by atoms with E-state index in [1.807, 2.05) is 6.07 Å². The largest absolute Gasteiger partial charge is 0.496 e. The molecule has 156 valence electrons. The molecule has 2 N–H and O–H groups in total. The van der Waals surface area contributed by atoms with E-state index >= 15 is 0 Å². The summed E-state index contributed by atoms with van der Waals surface area (Å²) in [5.41, 5.74) is 1.25. The maximum Gasteiger partial charge on any atom is 0.123 e. The molecule has 27 heavy (non-hydrogen) atoms. The molecule has 1 atom stereocenters. The monoisotopic (exact) mass is 416 g/mol. The van der Waals surface area contributed by atoms with E-state index in [4.69, 9.17) is 4.74 Å². The number of rotatable bonds is 8. The second-order valence-corrected chi connectivity index (χ2v) is 7.95. The van der Waals surface area contributed by atoms with Crippen molar-refractivity contribution >= 4 is 24.8 Å². The lowest BCUT2D eigenvalue weighted by Gasteiger charge is -2.35. The predicted octanol–water partition coefficient (Wildman–Crippen LogP) is 5.50. The van der Waals surface area contributed by atoms with Crippen LogP contribution in [-0.2, 0) is 6.54 Å². The van der Waals surface area contributed by atoms with E-state index < -0.39 is 0 Å². The Bertz CT molecular complexity index is 503. The number of halogens is 2. The molecule has 0 saturated heterocycles. The summed E-state index contributed by atoms with van der Waals surface area (Å²) in [6, 6.07) is 9.72. The zero-order valence-corrected chi connectivity index (χ0v) is 18.4. The van der Waals surface area contributed by atoms with Gasteiger partial charge in [-0.1, -0.05) is 56.7 Å².